The van der Waals surface area contributed by atoms with Gasteiger partial charge in [-0.05, 0) is 32.0 Å². The highest BCUT2D eigenvalue weighted by Gasteiger charge is 2.18. The van der Waals surface area contributed by atoms with Crippen molar-refractivity contribution in [1.82, 2.24) is 10.1 Å². The van der Waals surface area contributed by atoms with Crippen LogP contribution in [0.1, 0.15) is 24.5 Å². The molecule has 0 aliphatic carbocycles. The highest BCUT2D eigenvalue weighted by molar-refractivity contribution is 6.35. The van der Waals surface area contributed by atoms with E-state index in [1.165, 1.54) is 5.56 Å². The van der Waals surface area contributed by atoms with Crippen molar-refractivity contribution in [1.29, 1.82) is 0 Å². The second kappa shape index (κ2) is 6.60. The van der Waals surface area contributed by atoms with E-state index in [0.29, 0.717) is 27.5 Å². The minimum Gasteiger partial charge on any atom is -0.479 e. The topological polar surface area (TPSA) is 48.2 Å². The lowest BCUT2D eigenvalue weighted by atomic mass is 10.1. The first-order valence-electron chi connectivity index (χ1n) is 7.05. The van der Waals surface area contributed by atoms with Crippen LogP contribution in [0.3, 0.4) is 0 Å². The van der Waals surface area contributed by atoms with Crippen molar-refractivity contribution in [3.8, 4) is 17.1 Å². The van der Waals surface area contributed by atoms with E-state index in [1.54, 1.807) is 18.2 Å². The molecule has 1 aromatic heterocycles. The molecule has 4 nitrogen and oxygen atoms in total. The standard InChI is InChI=1S/C17H14Cl2N2O2/c1-10-3-5-12(6-4-10)16-20-17(23-21-16)11(2)22-15-8-7-13(18)9-14(15)19/h3-9,11H,1-2H3/t11-/m0/s1. The van der Waals surface area contributed by atoms with Gasteiger partial charge in [0.2, 0.25) is 5.82 Å². The first-order chi connectivity index (χ1) is 11.0. The highest BCUT2D eigenvalue weighted by atomic mass is 35.5. The fourth-order valence-corrected chi connectivity index (χ4v) is 2.48. The summed E-state index contributed by atoms with van der Waals surface area (Å²) in [5.41, 5.74) is 2.06. The van der Waals surface area contributed by atoms with E-state index >= 15 is 0 Å². The minimum atomic E-state index is -0.430. The third kappa shape index (κ3) is 3.66. The molecule has 6 heteroatoms. The Bertz CT molecular complexity index is 816. The van der Waals surface area contributed by atoms with Gasteiger partial charge in [-0.1, -0.05) is 58.2 Å². The van der Waals surface area contributed by atoms with E-state index in [9.17, 15) is 0 Å². The molecule has 23 heavy (non-hydrogen) atoms. The minimum absolute atomic E-state index is 0.381. The Morgan fingerprint density at radius 1 is 1.09 bits per heavy atom. The molecule has 1 atom stereocenters. The summed E-state index contributed by atoms with van der Waals surface area (Å²) in [6.45, 7) is 3.84. The van der Waals surface area contributed by atoms with Crippen LogP contribution in [-0.2, 0) is 0 Å². The molecule has 118 valence electrons. The molecule has 0 saturated carbocycles. The van der Waals surface area contributed by atoms with Crippen LogP contribution in [0.25, 0.3) is 11.4 Å². The van der Waals surface area contributed by atoms with Crippen molar-refractivity contribution in [3.05, 3.63) is 64.0 Å². The van der Waals surface area contributed by atoms with Gasteiger partial charge in [0, 0.05) is 10.6 Å². The second-order valence-electron chi connectivity index (χ2n) is 5.16. The number of rotatable bonds is 4. The van der Waals surface area contributed by atoms with Crippen molar-refractivity contribution in [2.45, 2.75) is 20.0 Å². The third-order valence-corrected chi connectivity index (χ3v) is 3.83. The molecule has 3 aromatic rings. The van der Waals surface area contributed by atoms with E-state index in [4.69, 9.17) is 32.5 Å². The van der Waals surface area contributed by atoms with E-state index in [2.05, 4.69) is 10.1 Å². The zero-order valence-corrected chi connectivity index (χ0v) is 14.1. The lowest BCUT2D eigenvalue weighted by molar-refractivity contribution is 0.176. The predicted octanol–water partition coefficient (Wildman–Crippen LogP) is 5.49. The van der Waals surface area contributed by atoms with Crippen LogP contribution in [0, 0.1) is 6.92 Å². The van der Waals surface area contributed by atoms with Crippen LogP contribution in [0.15, 0.2) is 47.0 Å². The van der Waals surface area contributed by atoms with Crippen molar-refractivity contribution in [2.75, 3.05) is 0 Å². The first-order valence-corrected chi connectivity index (χ1v) is 7.81. The Balaban J connectivity index is 1.78. The number of aryl methyl sites for hydroxylation is 1. The molecule has 0 amide bonds. The summed E-state index contributed by atoms with van der Waals surface area (Å²) in [6.07, 6.45) is -0.430. The van der Waals surface area contributed by atoms with Gasteiger partial charge >= 0.3 is 0 Å². The molecule has 0 unspecified atom stereocenters. The number of nitrogens with zero attached hydrogens (tertiary/aromatic N) is 2. The number of hydrogen-bond acceptors (Lipinski definition) is 4. The van der Waals surface area contributed by atoms with E-state index in [-0.39, 0.29) is 0 Å². The first kappa shape index (κ1) is 15.8. The van der Waals surface area contributed by atoms with Gasteiger partial charge in [0.25, 0.3) is 5.89 Å². The van der Waals surface area contributed by atoms with Crippen LogP contribution < -0.4 is 4.74 Å². The monoisotopic (exact) mass is 348 g/mol. The third-order valence-electron chi connectivity index (χ3n) is 3.30. The Labute approximate surface area is 144 Å². The summed E-state index contributed by atoms with van der Waals surface area (Å²) in [6, 6.07) is 12.9. The number of aromatic nitrogens is 2. The van der Waals surface area contributed by atoms with Crippen LogP contribution in [-0.4, -0.2) is 10.1 Å². The Kier molecular flexibility index (Phi) is 4.55. The molecule has 0 aliphatic rings. The molecule has 2 aromatic carbocycles. The van der Waals surface area contributed by atoms with Gasteiger partial charge in [-0.25, -0.2) is 0 Å². The molecule has 0 N–H and O–H groups in total. The van der Waals surface area contributed by atoms with Gasteiger partial charge in [-0.2, -0.15) is 4.98 Å². The summed E-state index contributed by atoms with van der Waals surface area (Å²) in [5, 5.41) is 4.98. The molecule has 0 fully saturated rings. The summed E-state index contributed by atoms with van der Waals surface area (Å²) in [5.74, 6) is 1.42. The molecular formula is C17H14Cl2N2O2. The SMILES string of the molecule is Cc1ccc(-c2noc([C@H](C)Oc3ccc(Cl)cc3Cl)n2)cc1. The fraction of sp³-hybridized carbons (Fsp3) is 0.176. The summed E-state index contributed by atoms with van der Waals surface area (Å²) < 4.78 is 11.1. The molecule has 3 rings (SSSR count). The molecule has 1 heterocycles. The van der Waals surface area contributed by atoms with Crippen LogP contribution in [0.2, 0.25) is 10.0 Å². The zero-order valence-electron chi connectivity index (χ0n) is 12.6. The largest absolute Gasteiger partial charge is 0.479 e. The van der Waals surface area contributed by atoms with Gasteiger partial charge in [0.05, 0.1) is 5.02 Å². The second-order valence-corrected chi connectivity index (χ2v) is 6.00. The van der Waals surface area contributed by atoms with Gasteiger partial charge in [-0.3, -0.25) is 0 Å². The quantitative estimate of drug-likeness (QED) is 0.625. The number of ether oxygens (including phenoxy) is 1. The Morgan fingerprint density at radius 2 is 1.83 bits per heavy atom. The van der Waals surface area contributed by atoms with E-state index < -0.39 is 6.10 Å². The van der Waals surface area contributed by atoms with Gasteiger partial charge in [0.1, 0.15) is 5.75 Å². The maximum Gasteiger partial charge on any atom is 0.267 e. The lowest BCUT2D eigenvalue weighted by Crippen LogP contribution is -2.03. The molecule has 0 bridgehead atoms. The lowest BCUT2D eigenvalue weighted by Gasteiger charge is -2.12. The molecular weight excluding hydrogens is 335 g/mol. The van der Waals surface area contributed by atoms with Crippen molar-refractivity contribution < 1.29 is 9.26 Å². The van der Waals surface area contributed by atoms with Gasteiger partial charge in [-0.15, -0.1) is 0 Å². The van der Waals surface area contributed by atoms with Crippen molar-refractivity contribution in [3.63, 3.8) is 0 Å². The molecule has 0 radical (unpaired) electrons. The van der Waals surface area contributed by atoms with Gasteiger partial charge < -0.3 is 9.26 Å². The maximum absolute atomic E-state index is 6.10. The van der Waals surface area contributed by atoms with Crippen LogP contribution in [0.4, 0.5) is 0 Å². The zero-order chi connectivity index (χ0) is 16.4. The highest BCUT2D eigenvalue weighted by Crippen LogP contribution is 2.31. The number of benzene rings is 2. The number of hydrogen-bond donors (Lipinski definition) is 0. The van der Waals surface area contributed by atoms with Crippen LogP contribution >= 0.6 is 23.2 Å². The Hall–Kier alpha value is -2.04. The van der Waals surface area contributed by atoms with Crippen molar-refractivity contribution in [2.24, 2.45) is 0 Å². The van der Waals surface area contributed by atoms with Crippen molar-refractivity contribution >= 4 is 23.2 Å². The molecule has 0 saturated heterocycles. The smallest absolute Gasteiger partial charge is 0.267 e. The summed E-state index contributed by atoms with van der Waals surface area (Å²) in [4.78, 5) is 4.38. The van der Waals surface area contributed by atoms with E-state index in [1.807, 2.05) is 38.1 Å². The summed E-state index contributed by atoms with van der Waals surface area (Å²) >= 11 is 12.0. The van der Waals surface area contributed by atoms with E-state index in [0.717, 1.165) is 5.56 Å². The average molecular weight is 349 g/mol. The molecule has 0 aliphatic heterocycles. The average Bonchev–Trinajstić information content (AvgIpc) is 3.01. The summed E-state index contributed by atoms with van der Waals surface area (Å²) in [7, 11) is 0. The maximum atomic E-state index is 6.10. The normalized spacial score (nSPS) is 12.2. The van der Waals surface area contributed by atoms with Crippen LogP contribution in [0.5, 0.6) is 5.75 Å². The molecule has 0 spiro atoms. The number of halogens is 2. The predicted molar refractivity (Wildman–Crippen MR) is 90.0 cm³/mol. The Morgan fingerprint density at radius 3 is 2.52 bits per heavy atom. The van der Waals surface area contributed by atoms with Gasteiger partial charge in [0.15, 0.2) is 6.10 Å². The fourth-order valence-electron chi connectivity index (χ4n) is 2.03.